The number of aliphatic hydroxyl groups excluding tert-OH is 1. The summed E-state index contributed by atoms with van der Waals surface area (Å²) in [5.74, 6) is 0. The number of rotatable bonds is 4. The lowest BCUT2D eigenvalue weighted by Crippen LogP contribution is -2.46. The molecule has 0 radical (unpaired) electrons. The second-order valence-corrected chi connectivity index (χ2v) is 5.68. The molecule has 1 saturated carbocycles. The number of hydrogen-bond donors (Lipinski definition) is 1. The highest BCUT2D eigenvalue weighted by Crippen LogP contribution is 2.40. The molecule has 1 N–H and O–H groups in total. The first-order chi connectivity index (χ1) is 6.94. The van der Waals surface area contributed by atoms with Gasteiger partial charge in [0, 0.05) is 12.1 Å². The second-order valence-electron chi connectivity index (χ2n) is 5.68. The van der Waals surface area contributed by atoms with Gasteiger partial charge in [0.1, 0.15) is 0 Å². The first-order valence-electron chi connectivity index (χ1n) is 6.34. The van der Waals surface area contributed by atoms with Crippen LogP contribution in [0.5, 0.6) is 0 Å². The third kappa shape index (κ3) is 2.54. The summed E-state index contributed by atoms with van der Waals surface area (Å²) in [6.07, 6.45) is 4.47. The molecule has 2 unspecified atom stereocenters. The van der Waals surface area contributed by atoms with E-state index in [4.69, 9.17) is 0 Å². The van der Waals surface area contributed by atoms with Crippen LogP contribution in [0.1, 0.15) is 53.4 Å². The lowest BCUT2D eigenvalue weighted by atomic mass is 9.88. The molecule has 1 aliphatic carbocycles. The summed E-state index contributed by atoms with van der Waals surface area (Å²) in [5, 5.41) is 10.3. The summed E-state index contributed by atoms with van der Waals surface area (Å²) < 4.78 is 0. The molecule has 2 heteroatoms. The fraction of sp³-hybridized carbons (Fsp3) is 1.00. The van der Waals surface area contributed by atoms with Crippen LogP contribution in [0.4, 0.5) is 0 Å². The molecular weight excluding hydrogens is 186 g/mol. The summed E-state index contributed by atoms with van der Waals surface area (Å²) in [5.41, 5.74) is 0.102. The molecular formula is C13H27NO. The molecule has 0 aromatic carbocycles. The minimum atomic E-state index is -0.164. The van der Waals surface area contributed by atoms with Crippen LogP contribution < -0.4 is 0 Å². The Bertz CT molecular complexity index is 199. The molecule has 0 aromatic heterocycles. The van der Waals surface area contributed by atoms with Crippen molar-refractivity contribution in [2.75, 3.05) is 7.05 Å². The minimum absolute atomic E-state index is 0.102. The Labute approximate surface area is 94.7 Å². The van der Waals surface area contributed by atoms with Crippen molar-refractivity contribution < 1.29 is 5.11 Å². The molecule has 0 aromatic rings. The molecule has 0 heterocycles. The molecule has 0 aliphatic heterocycles. The maximum Gasteiger partial charge on any atom is 0.0746 e. The number of aliphatic hydroxyl groups is 1. The summed E-state index contributed by atoms with van der Waals surface area (Å²) >= 11 is 0. The zero-order valence-electron chi connectivity index (χ0n) is 11.0. The van der Waals surface area contributed by atoms with Gasteiger partial charge in [0.15, 0.2) is 0 Å². The highest BCUT2D eigenvalue weighted by Gasteiger charge is 2.43. The van der Waals surface area contributed by atoms with E-state index in [1.165, 1.54) is 12.8 Å². The van der Waals surface area contributed by atoms with Crippen molar-refractivity contribution in [2.24, 2.45) is 5.41 Å². The summed E-state index contributed by atoms with van der Waals surface area (Å²) in [4.78, 5) is 2.40. The topological polar surface area (TPSA) is 23.5 Å². The van der Waals surface area contributed by atoms with E-state index < -0.39 is 0 Å². The average Bonchev–Trinajstić information content (AvgIpc) is 2.44. The van der Waals surface area contributed by atoms with E-state index in [0.29, 0.717) is 12.1 Å². The van der Waals surface area contributed by atoms with Gasteiger partial charge in [-0.2, -0.15) is 0 Å². The summed E-state index contributed by atoms with van der Waals surface area (Å²) in [6, 6.07) is 0.989. The van der Waals surface area contributed by atoms with Gasteiger partial charge >= 0.3 is 0 Å². The molecule has 15 heavy (non-hydrogen) atoms. The Morgan fingerprint density at radius 1 is 1.33 bits per heavy atom. The zero-order valence-corrected chi connectivity index (χ0v) is 11.0. The SMILES string of the molecule is CCC(CC)N(C)C1CCC(C)(C)C1O. The lowest BCUT2D eigenvalue weighted by molar-refractivity contribution is 0.00819. The predicted octanol–water partition coefficient (Wildman–Crippen LogP) is 2.66. The van der Waals surface area contributed by atoms with Gasteiger partial charge in [-0.3, -0.25) is 4.90 Å². The molecule has 2 atom stereocenters. The number of hydrogen-bond acceptors (Lipinski definition) is 2. The van der Waals surface area contributed by atoms with Crippen molar-refractivity contribution in [3.8, 4) is 0 Å². The Hall–Kier alpha value is -0.0800. The molecule has 0 spiro atoms. The van der Waals surface area contributed by atoms with Crippen LogP contribution >= 0.6 is 0 Å². The molecule has 2 nitrogen and oxygen atoms in total. The van der Waals surface area contributed by atoms with Gasteiger partial charge in [0.2, 0.25) is 0 Å². The maximum absolute atomic E-state index is 10.3. The number of likely N-dealkylation sites (N-methyl/N-ethyl adjacent to an activating group) is 1. The van der Waals surface area contributed by atoms with E-state index in [9.17, 15) is 5.11 Å². The van der Waals surface area contributed by atoms with Gasteiger partial charge in [0.05, 0.1) is 6.10 Å². The van der Waals surface area contributed by atoms with Crippen LogP contribution in [0.3, 0.4) is 0 Å². The third-order valence-electron chi connectivity index (χ3n) is 4.29. The summed E-state index contributed by atoms with van der Waals surface area (Å²) in [6.45, 7) is 8.82. The van der Waals surface area contributed by atoms with Gasteiger partial charge in [0.25, 0.3) is 0 Å². The lowest BCUT2D eigenvalue weighted by Gasteiger charge is -2.36. The Morgan fingerprint density at radius 3 is 2.20 bits per heavy atom. The minimum Gasteiger partial charge on any atom is -0.391 e. The van der Waals surface area contributed by atoms with Gasteiger partial charge in [-0.05, 0) is 38.1 Å². The van der Waals surface area contributed by atoms with E-state index in [2.05, 4.69) is 39.6 Å². The van der Waals surface area contributed by atoms with E-state index in [1.54, 1.807) is 0 Å². The van der Waals surface area contributed by atoms with Crippen molar-refractivity contribution >= 4 is 0 Å². The van der Waals surface area contributed by atoms with Crippen molar-refractivity contribution in [3.63, 3.8) is 0 Å². The van der Waals surface area contributed by atoms with E-state index in [-0.39, 0.29) is 11.5 Å². The Kier molecular flexibility index (Phi) is 4.19. The van der Waals surface area contributed by atoms with E-state index >= 15 is 0 Å². The van der Waals surface area contributed by atoms with Crippen molar-refractivity contribution in [1.29, 1.82) is 0 Å². The molecule has 90 valence electrons. The van der Waals surface area contributed by atoms with E-state index in [0.717, 1.165) is 12.8 Å². The first kappa shape index (κ1) is 13.0. The number of nitrogens with zero attached hydrogens (tertiary/aromatic N) is 1. The molecule has 1 fully saturated rings. The van der Waals surface area contributed by atoms with Gasteiger partial charge in [-0.25, -0.2) is 0 Å². The van der Waals surface area contributed by atoms with Gasteiger partial charge < -0.3 is 5.11 Å². The van der Waals surface area contributed by atoms with Crippen LogP contribution in [0, 0.1) is 5.41 Å². The zero-order chi connectivity index (χ0) is 11.6. The second kappa shape index (κ2) is 4.84. The Balaban J connectivity index is 2.65. The molecule has 1 rings (SSSR count). The monoisotopic (exact) mass is 213 g/mol. The van der Waals surface area contributed by atoms with Crippen molar-refractivity contribution in [2.45, 2.75) is 71.6 Å². The highest BCUT2D eigenvalue weighted by molar-refractivity contribution is 4.96. The molecule has 0 amide bonds. The fourth-order valence-electron chi connectivity index (χ4n) is 2.91. The van der Waals surface area contributed by atoms with Crippen molar-refractivity contribution in [1.82, 2.24) is 4.90 Å². The maximum atomic E-state index is 10.3. The predicted molar refractivity (Wildman–Crippen MR) is 64.9 cm³/mol. The molecule has 1 aliphatic rings. The van der Waals surface area contributed by atoms with Gasteiger partial charge in [-0.15, -0.1) is 0 Å². The quantitative estimate of drug-likeness (QED) is 0.776. The van der Waals surface area contributed by atoms with Crippen LogP contribution in [-0.4, -0.2) is 35.2 Å². The van der Waals surface area contributed by atoms with E-state index in [1.807, 2.05) is 0 Å². The van der Waals surface area contributed by atoms with Crippen LogP contribution in [-0.2, 0) is 0 Å². The fourth-order valence-corrected chi connectivity index (χ4v) is 2.91. The largest absolute Gasteiger partial charge is 0.391 e. The smallest absolute Gasteiger partial charge is 0.0746 e. The Morgan fingerprint density at radius 2 is 1.87 bits per heavy atom. The third-order valence-corrected chi connectivity index (χ3v) is 4.29. The molecule has 0 bridgehead atoms. The normalized spacial score (nSPS) is 30.4. The standard InChI is InChI=1S/C13H27NO/c1-6-10(7-2)14(5)11-8-9-13(3,4)12(11)15/h10-12,15H,6-9H2,1-5H3. The average molecular weight is 213 g/mol. The molecule has 0 saturated heterocycles. The van der Waals surface area contributed by atoms with Crippen LogP contribution in [0.2, 0.25) is 0 Å². The highest BCUT2D eigenvalue weighted by atomic mass is 16.3. The first-order valence-corrected chi connectivity index (χ1v) is 6.34. The summed E-state index contributed by atoms with van der Waals surface area (Å²) in [7, 11) is 2.17. The van der Waals surface area contributed by atoms with Crippen LogP contribution in [0.15, 0.2) is 0 Å². The van der Waals surface area contributed by atoms with Crippen molar-refractivity contribution in [3.05, 3.63) is 0 Å². The van der Waals surface area contributed by atoms with Gasteiger partial charge in [-0.1, -0.05) is 27.7 Å². The van der Waals surface area contributed by atoms with Crippen LogP contribution in [0.25, 0.3) is 0 Å².